The molecule has 1 fully saturated rings. The minimum Gasteiger partial charge on any atom is -0.481 e. The molecule has 0 saturated carbocycles. The SMILES string of the molecule is CCCC1(C(=O)O)CCCN(C(=O)NCC(F)F)C1. The molecule has 1 heterocycles. The number of hydrogen-bond donors (Lipinski definition) is 2. The Balaban J connectivity index is 2.66. The van der Waals surface area contributed by atoms with Crippen molar-refractivity contribution in [1.29, 1.82) is 0 Å². The molecule has 0 aliphatic carbocycles. The predicted octanol–water partition coefficient (Wildman–Crippen LogP) is 1.93. The smallest absolute Gasteiger partial charge is 0.317 e. The van der Waals surface area contributed by atoms with Crippen molar-refractivity contribution in [2.24, 2.45) is 5.41 Å². The van der Waals surface area contributed by atoms with Crippen LogP contribution in [0.2, 0.25) is 0 Å². The van der Waals surface area contributed by atoms with Crippen LogP contribution in [-0.2, 0) is 4.79 Å². The Kier molecular flexibility index (Phi) is 5.50. The molecule has 19 heavy (non-hydrogen) atoms. The molecule has 0 bridgehead atoms. The van der Waals surface area contributed by atoms with Crippen molar-refractivity contribution in [2.75, 3.05) is 19.6 Å². The van der Waals surface area contributed by atoms with Gasteiger partial charge in [0.15, 0.2) is 0 Å². The first-order valence-corrected chi connectivity index (χ1v) is 6.45. The van der Waals surface area contributed by atoms with Gasteiger partial charge in [0.05, 0.1) is 12.0 Å². The maximum Gasteiger partial charge on any atom is 0.317 e. The van der Waals surface area contributed by atoms with Crippen LogP contribution in [0.5, 0.6) is 0 Å². The molecule has 0 aromatic carbocycles. The Bertz CT molecular complexity index is 335. The minimum absolute atomic E-state index is 0.0885. The molecule has 0 spiro atoms. The average molecular weight is 278 g/mol. The molecule has 0 aromatic heterocycles. The summed E-state index contributed by atoms with van der Waals surface area (Å²) in [5, 5.41) is 11.5. The van der Waals surface area contributed by atoms with E-state index in [4.69, 9.17) is 0 Å². The summed E-state index contributed by atoms with van der Waals surface area (Å²) in [5.41, 5.74) is -0.935. The molecule has 0 aromatic rings. The van der Waals surface area contributed by atoms with E-state index in [2.05, 4.69) is 5.32 Å². The van der Waals surface area contributed by atoms with Crippen molar-refractivity contribution in [1.82, 2.24) is 10.2 Å². The molecule has 1 atom stereocenters. The van der Waals surface area contributed by atoms with Crippen molar-refractivity contribution in [3.05, 3.63) is 0 Å². The summed E-state index contributed by atoms with van der Waals surface area (Å²) >= 11 is 0. The summed E-state index contributed by atoms with van der Waals surface area (Å²) in [4.78, 5) is 24.5. The highest BCUT2D eigenvalue weighted by Gasteiger charge is 2.42. The van der Waals surface area contributed by atoms with Gasteiger partial charge in [-0.15, -0.1) is 0 Å². The van der Waals surface area contributed by atoms with Crippen LogP contribution in [0.15, 0.2) is 0 Å². The number of nitrogens with one attached hydrogen (secondary N) is 1. The highest BCUT2D eigenvalue weighted by Crippen LogP contribution is 2.35. The number of carbonyl (C=O) groups is 2. The fourth-order valence-electron chi connectivity index (χ4n) is 2.55. The van der Waals surface area contributed by atoms with E-state index in [1.807, 2.05) is 6.92 Å². The van der Waals surface area contributed by atoms with Crippen LogP contribution in [0.25, 0.3) is 0 Å². The minimum atomic E-state index is -2.60. The lowest BCUT2D eigenvalue weighted by Crippen LogP contribution is -2.53. The number of rotatable bonds is 5. The van der Waals surface area contributed by atoms with Crippen molar-refractivity contribution in [3.63, 3.8) is 0 Å². The molecular formula is C12H20F2N2O3. The van der Waals surface area contributed by atoms with Crippen LogP contribution in [0, 0.1) is 5.41 Å². The van der Waals surface area contributed by atoms with Gasteiger partial charge in [-0.25, -0.2) is 13.6 Å². The maximum atomic E-state index is 12.0. The van der Waals surface area contributed by atoms with E-state index in [1.165, 1.54) is 4.90 Å². The number of halogens is 2. The second-order valence-electron chi connectivity index (χ2n) is 4.94. The van der Waals surface area contributed by atoms with Crippen molar-refractivity contribution in [3.8, 4) is 0 Å². The number of piperidine rings is 1. The molecule has 1 saturated heterocycles. The topological polar surface area (TPSA) is 69.6 Å². The molecule has 0 radical (unpaired) electrons. The van der Waals surface area contributed by atoms with Gasteiger partial charge in [0.25, 0.3) is 6.43 Å². The molecule has 2 amide bonds. The standard InChI is InChI=1S/C12H20F2N2O3/c1-2-4-12(10(17)18)5-3-6-16(8-12)11(19)15-7-9(13)14/h9H,2-8H2,1H3,(H,15,19)(H,17,18). The second-order valence-corrected chi connectivity index (χ2v) is 4.94. The van der Waals surface area contributed by atoms with Gasteiger partial charge in [-0.05, 0) is 19.3 Å². The van der Waals surface area contributed by atoms with Gasteiger partial charge in [-0.1, -0.05) is 13.3 Å². The maximum absolute atomic E-state index is 12.0. The normalized spacial score (nSPS) is 23.5. The van der Waals surface area contributed by atoms with Crippen molar-refractivity contribution in [2.45, 2.75) is 39.0 Å². The summed E-state index contributed by atoms with van der Waals surface area (Å²) in [7, 11) is 0. The summed E-state index contributed by atoms with van der Waals surface area (Å²) in [6.07, 6.45) is -0.309. The molecule has 110 valence electrons. The highest BCUT2D eigenvalue weighted by molar-refractivity contribution is 5.78. The van der Waals surface area contributed by atoms with Gasteiger partial charge in [-0.3, -0.25) is 4.79 Å². The van der Waals surface area contributed by atoms with Gasteiger partial charge < -0.3 is 15.3 Å². The fourth-order valence-corrected chi connectivity index (χ4v) is 2.55. The van der Waals surface area contributed by atoms with Gasteiger partial charge in [-0.2, -0.15) is 0 Å². The number of carbonyl (C=O) groups excluding carboxylic acids is 1. The third-order valence-corrected chi connectivity index (χ3v) is 3.45. The van der Waals surface area contributed by atoms with Gasteiger partial charge in [0.2, 0.25) is 0 Å². The molecule has 1 rings (SSSR count). The van der Waals surface area contributed by atoms with Crippen LogP contribution in [-0.4, -0.2) is 48.1 Å². The van der Waals surface area contributed by atoms with Crippen LogP contribution in [0.4, 0.5) is 13.6 Å². The van der Waals surface area contributed by atoms with Gasteiger partial charge >= 0.3 is 12.0 Å². The van der Waals surface area contributed by atoms with Crippen LogP contribution in [0.1, 0.15) is 32.6 Å². The lowest BCUT2D eigenvalue weighted by molar-refractivity contribution is -0.152. The number of likely N-dealkylation sites (tertiary alicyclic amines) is 1. The first-order chi connectivity index (χ1) is 8.91. The third-order valence-electron chi connectivity index (χ3n) is 3.45. The molecule has 5 nitrogen and oxygen atoms in total. The summed E-state index contributed by atoms with van der Waals surface area (Å²) in [6, 6.07) is -0.610. The highest BCUT2D eigenvalue weighted by atomic mass is 19.3. The second kappa shape index (κ2) is 6.68. The Morgan fingerprint density at radius 1 is 1.47 bits per heavy atom. The lowest BCUT2D eigenvalue weighted by atomic mass is 9.76. The monoisotopic (exact) mass is 278 g/mol. The molecule has 1 unspecified atom stereocenters. The summed E-state index contributed by atoms with van der Waals surface area (Å²) < 4.78 is 24.1. The van der Waals surface area contributed by atoms with Gasteiger partial charge in [0.1, 0.15) is 0 Å². The lowest BCUT2D eigenvalue weighted by Gasteiger charge is -2.39. The Labute approximate surface area is 111 Å². The molecule has 7 heteroatoms. The number of hydrogen-bond acceptors (Lipinski definition) is 2. The quantitative estimate of drug-likeness (QED) is 0.807. The van der Waals surface area contributed by atoms with Crippen LogP contribution >= 0.6 is 0 Å². The molecule has 1 aliphatic rings. The Morgan fingerprint density at radius 3 is 2.68 bits per heavy atom. The van der Waals surface area contributed by atoms with Crippen molar-refractivity contribution >= 4 is 12.0 Å². The van der Waals surface area contributed by atoms with E-state index < -0.39 is 30.4 Å². The average Bonchev–Trinajstić information content (AvgIpc) is 2.36. The van der Waals surface area contributed by atoms with Gasteiger partial charge in [0, 0.05) is 13.1 Å². The van der Waals surface area contributed by atoms with E-state index in [0.717, 1.165) is 0 Å². The van der Waals surface area contributed by atoms with E-state index in [-0.39, 0.29) is 6.54 Å². The van der Waals surface area contributed by atoms with E-state index in [1.54, 1.807) is 0 Å². The number of carboxylic acids is 1. The van der Waals surface area contributed by atoms with Crippen LogP contribution in [0.3, 0.4) is 0 Å². The zero-order chi connectivity index (χ0) is 14.5. The van der Waals surface area contributed by atoms with Crippen molar-refractivity contribution < 1.29 is 23.5 Å². The fraction of sp³-hybridized carbons (Fsp3) is 0.833. The number of urea groups is 1. The predicted molar refractivity (Wildman–Crippen MR) is 65.2 cm³/mol. The number of nitrogens with zero attached hydrogens (tertiary/aromatic N) is 1. The third kappa shape index (κ3) is 4.04. The largest absolute Gasteiger partial charge is 0.481 e. The number of carboxylic acid groups (broad SMARTS) is 1. The van der Waals surface area contributed by atoms with E-state index >= 15 is 0 Å². The van der Waals surface area contributed by atoms with E-state index in [9.17, 15) is 23.5 Å². The number of amides is 2. The first-order valence-electron chi connectivity index (χ1n) is 6.45. The molecule has 2 N–H and O–H groups in total. The summed E-state index contributed by atoms with van der Waals surface area (Å²) in [6.45, 7) is 1.68. The van der Waals surface area contributed by atoms with Crippen LogP contribution < -0.4 is 5.32 Å². The Hall–Kier alpha value is -1.40. The zero-order valence-electron chi connectivity index (χ0n) is 11.0. The molecular weight excluding hydrogens is 258 g/mol. The van der Waals surface area contributed by atoms with E-state index in [0.29, 0.717) is 32.2 Å². The number of aliphatic carboxylic acids is 1. The summed E-state index contributed by atoms with van der Waals surface area (Å²) in [5.74, 6) is -0.916. The zero-order valence-corrected chi connectivity index (χ0v) is 11.0. The molecule has 1 aliphatic heterocycles. The first kappa shape index (κ1) is 15.7. The number of alkyl halides is 2. The Morgan fingerprint density at radius 2 is 2.16 bits per heavy atom.